The van der Waals surface area contributed by atoms with Crippen LogP contribution in [-0.4, -0.2) is 22.3 Å². The molecule has 0 aliphatic carbocycles. The summed E-state index contributed by atoms with van der Waals surface area (Å²) in [6.07, 6.45) is 0.870. The lowest BCUT2D eigenvalue weighted by atomic mass is 10.0. The summed E-state index contributed by atoms with van der Waals surface area (Å²) >= 11 is 3.59. The molecular weight excluding hydrogens is 340 g/mol. The van der Waals surface area contributed by atoms with E-state index in [9.17, 15) is 4.79 Å². The number of amides is 1. The molecule has 1 aliphatic rings. The van der Waals surface area contributed by atoms with Crippen LogP contribution in [-0.2, 0) is 13.0 Å². The molecule has 1 aromatic heterocycles. The second-order valence-corrected chi connectivity index (χ2v) is 6.44. The van der Waals surface area contributed by atoms with E-state index in [1.807, 2.05) is 47.4 Å². The van der Waals surface area contributed by atoms with Gasteiger partial charge in [-0.1, -0.05) is 30.3 Å². The number of benzene rings is 2. The fourth-order valence-electron chi connectivity index (χ4n) is 3.14. The van der Waals surface area contributed by atoms with E-state index in [-0.39, 0.29) is 5.91 Å². The number of carbonyl (C=O) groups is 1. The van der Waals surface area contributed by atoms with Gasteiger partial charge in [0.1, 0.15) is 0 Å². The van der Waals surface area contributed by atoms with Crippen LogP contribution in [0.25, 0.3) is 10.9 Å². The van der Waals surface area contributed by atoms with Crippen molar-refractivity contribution in [1.82, 2.24) is 9.88 Å². The third-order valence-electron chi connectivity index (χ3n) is 4.27. The first-order valence-corrected chi connectivity index (χ1v) is 8.15. The Balaban J connectivity index is 1.71. The summed E-state index contributed by atoms with van der Waals surface area (Å²) < 4.78 is 1.07. The number of fused-ring (bicyclic) bond motifs is 3. The highest BCUT2D eigenvalue weighted by atomic mass is 79.9. The summed E-state index contributed by atoms with van der Waals surface area (Å²) in [4.78, 5) is 18.1. The van der Waals surface area contributed by atoms with Gasteiger partial charge in [0, 0.05) is 46.2 Å². The van der Waals surface area contributed by atoms with Crippen molar-refractivity contribution in [3.05, 3.63) is 69.8 Å². The van der Waals surface area contributed by atoms with Crippen LogP contribution in [0.15, 0.2) is 53.0 Å². The molecule has 0 spiro atoms. The molecule has 3 aromatic rings. The predicted molar refractivity (Wildman–Crippen MR) is 90.9 cm³/mol. The van der Waals surface area contributed by atoms with Gasteiger partial charge >= 0.3 is 0 Å². The molecule has 22 heavy (non-hydrogen) atoms. The SMILES string of the molecule is O=C(c1ccccc1)N1CCc2[nH]c3c(Br)cccc3c2C1. The number of hydrogen-bond donors (Lipinski definition) is 1. The van der Waals surface area contributed by atoms with Crippen molar-refractivity contribution in [3.63, 3.8) is 0 Å². The Kier molecular flexibility index (Phi) is 3.26. The van der Waals surface area contributed by atoms with E-state index in [4.69, 9.17) is 0 Å². The minimum absolute atomic E-state index is 0.107. The lowest BCUT2D eigenvalue weighted by Gasteiger charge is -2.27. The third-order valence-corrected chi connectivity index (χ3v) is 4.93. The summed E-state index contributed by atoms with van der Waals surface area (Å²) in [5.41, 5.74) is 4.37. The van der Waals surface area contributed by atoms with E-state index in [0.717, 1.165) is 28.5 Å². The Bertz CT molecular complexity index is 854. The van der Waals surface area contributed by atoms with Gasteiger partial charge < -0.3 is 9.88 Å². The first kappa shape index (κ1) is 13.6. The highest BCUT2D eigenvalue weighted by molar-refractivity contribution is 9.10. The average molecular weight is 355 g/mol. The number of hydrogen-bond acceptors (Lipinski definition) is 1. The van der Waals surface area contributed by atoms with Crippen LogP contribution in [0, 0.1) is 0 Å². The summed E-state index contributed by atoms with van der Waals surface area (Å²) in [5.74, 6) is 0.107. The van der Waals surface area contributed by atoms with Gasteiger partial charge in [-0.2, -0.15) is 0 Å². The van der Waals surface area contributed by atoms with Gasteiger partial charge in [-0.15, -0.1) is 0 Å². The van der Waals surface area contributed by atoms with Gasteiger partial charge in [0.15, 0.2) is 0 Å². The molecule has 0 radical (unpaired) electrons. The maximum atomic E-state index is 12.6. The maximum absolute atomic E-state index is 12.6. The maximum Gasteiger partial charge on any atom is 0.254 e. The molecule has 4 heteroatoms. The van der Waals surface area contributed by atoms with Crippen LogP contribution >= 0.6 is 15.9 Å². The van der Waals surface area contributed by atoms with Gasteiger partial charge in [0.25, 0.3) is 5.91 Å². The van der Waals surface area contributed by atoms with E-state index in [1.165, 1.54) is 16.6 Å². The third kappa shape index (κ3) is 2.15. The lowest BCUT2D eigenvalue weighted by Crippen LogP contribution is -2.35. The minimum Gasteiger partial charge on any atom is -0.357 e. The predicted octanol–water partition coefficient (Wildman–Crippen LogP) is 4.13. The number of aromatic amines is 1. The van der Waals surface area contributed by atoms with E-state index in [2.05, 4.69) is 27.0 Å². The van der Waals surface area contributed by atoms with Crippen molar-refractivity contribution in [3.8, 4) is 0 Å². The quantitative estimate of drug-likeness (QED) is 0.700. The standard InChI is InChI=1S/C18H15BrN2O/c19-15-8-4-7-13-14-11-21(10-9-16(14)20-17(13)15)18(22)12-5-2-1-3-6-12/h1-8,20H,9-11H2. The molecule has 0 fully saturated rings. The van der Waals surface area contributed by atoms with Crippen LogP contribution < -0.4 is 0 Å². The number of H-pyrrole nitrogens is 1. The van der Waals surface area contributed by atoms with Gasteiger partial charge in [0.2, 0.25) is 0 Å². The monoisotopic (exact) mass is 354 g/mol. The number of para-hydroxylation sites is 1. The zero-order chi connectivity index (χ0) is 15.1. The van der Waals surface area contributed by atoms with Gasteiger partial charge in [0.05, 0.1) is 5.52 Å². The molecule has 0 saturated heterocycles. The molecule has 0 bridgehead atoms. The summed E-state index contributed by atoms with van der Waals surface area (Å²) in [6, 6.07) is 15.7. The minimum atomic E-state index is 0.107. The fraction of sp³-hybridized carbons (Fsp3) is 0.167. The highest BCUT2D eigenvalue weighted by Crippen LogP contribution is 2.32. The van der Waals surface area contributed by atoms with E-state index in [0.29, 0.717) is 6.54 Å². The Morgan fingerprint density at radius 3 is 2.73 bits per heavy atom. The van der Waals surface area contributed by atoms with Crippen LogP contribution in [0.3, 0.4) is 0 Å². The van der Waals surface area contributed by atoms with Crippen LogP contribution in [0.4, 0.5) is 0 Å². The van der Waals surface area contributed by atoms with Crippen molar-refractivity contribution in [2.24, 2.45) is 0 Å². The summed E-state index contributed by atoms with van der Waals surface area (Å²) in [6.45, 7) is 1.42. The first-order chi connectivity index (χ1) is 10.7. The van der Waals surface area contributed by atoms with E-state index >= 15 is 0 Å². The van der Waals surface area contributed by atoms with Crippen molar-refractivity contribution in [2.45, 2.75) is 13.0 Å². The highest BCUT2D eigenvalue weighted by Gasteiger charge is 2.25. The van der Waals surface area contributed by atoms with Crippen molar-refractivity contribution < 1.29 is 4.79 Å². The second-order valence-electron chi connectivity index (χ2n) is 5.59. The van der Waals surface area contributed by atoms with Crippen molar-refractivity contribution in [1.29, 1.82) is 0 Å². The molecule has 2 heterocycles. The molecule has 1 amide bonds. The molecule has 2 aromatic carbocycles. The number of nitrogens with one attached hydrogen (secondary N) is 1. The molecule has 1 aliphatic heterocycles. The van der Waals surface area contributed by atoms with Crippen LogP contribution in [0.1, 0.15) is 21.6 Å². The molecular formula is C18H15BrN2O. The van der Waals surface area contributed by atoms with Crippen LogP contribution in [0.5, 0.6) is 0 Å². The molecule has 0 saturated carbocycles. The number of rotatable bonds is 1. The molecule has 4 rings (SSSR count). The number of carbonyl (C=O) groups excluding carboxylic acids is 1. The molecule has 3 nitrogen and oxygen atoms in total. The Morgan fingerprint density at radius 1 is 1.09 bits per heavy atom. The van der Waals surface area contributed by atoms with Gasteiger partial charge in [-0.3, -0.25) is 4.79 Å². The zero-order valence-electron chi connectivity index (χ0n) is 12.0. The zero-order valence-corrected chi connectivity index (χ0v) is 13.6. The second kappa shape index (κ2) is 5.29. The first-order valence-electron chi connectivity index (χ1n) is 7.36. The summed E-state index contributed by atoms with van der Waals surface area (Å²) in [7, 11) is 0. The molecule has 110 valence electrons. The average Bonchev–Trinajstić information content (AvgIpc) is 2.94. The van der Waals surface area contributed by atoms with Crippen molar-refractivity contribution >= 4 is 32.7 Å². The van der Waals surface area contributed by atoms with Gasteiger partial charge in [-0.05, 0) is 34.1 Å². The largest absolute Gasteiger partial charge is 0.357 e. The van der Waals surface area contributed by atoms with Crippen molar-refractivity contribution in [2.75, 3.05) is 6.54 Å². The number of nitrogens with zero attached hydrogens (tertiary/aromatic N) is 1. The Hall–Kier alpha value is -2.07. The van der Waals surface area contributed by atoms with E-state index in [1.54, 1.807) is 0 Å². The Morgan fingerprint density at radius 2 is 1.91 bits per heavy atom. The topological polar surface area (TPSA) is 36.1 Å². The smallest absolute Gasteiger partial charge is 0.254 e. The fourth-order valence-corrected chi connectivity index (χ4v) is 3.60. The molecule has 0 unspecified atom stereocenters. The molecule has 1 N–H and O–H groups in total. The molecule has 0 atom stereocenters. The number of halogens is 1. The number of aromatic nitrogens is 1. The van der Waals surface area contributed by atoms with Gasteiger partial charge in [-0.25, -0.2) is 0 Å². The Labute approximate surface area is 137 Å². The normalized spacial score (nSPS) is 14.1. The van der Waals surface area contributed by atoms with Crippen LogP contribution in [0.2, 0.25) is 0 Å². The summed E-state index contributed by atoms with van der Waals surface area (Å²) in [5, 5.41) is 1.20. The lowest BCUT2D eigenvalue weighted by molar-refractivity contribution is 0.0735. The van der Waals surface area contributed by atoms with E-state index < -0.39 is 0 Å².